The van der Waals surface area contributed by atoms with Crippen LogP contribution in [0.5, 0.6) is 0 Å². The van der Waals surface area contributed by atoms with Gasteiger partial charge in [-0.05, 0) is 6.92 Å². The molecule has 0 aliphatic heterocycles. The summed E-state index contributed by atoms with van der Waals surface area (Å²) in [6.07, 6.45) is 1.55. The zero-order valence-corrected chi connectivity index (χ0v) is 6.92. The van der Waals surface area contributed by atoms with Crippen LogP contribution in [0, 0.1) is 12.8 Å². The number of hydrogen-bond donors (Lipinski definition) is 0. The van der Waals surface area contributed by atoms with Crippen LogP contribution in [0.25, 0.3) is 0 Å². The van der Waals surface area contributed by atoms with Crippen molar-refractivity contribution in [2.45, 2.75) is 20.8 Å². The van der Waals surface area contributed by atoms with Crippen LogP contribution in [0.15, 0.2) is 10.7 Å². The van der Waals surface area contributed by atoms with Gasteiger partial charge < -0.3 is 4.52 Å². The predicted molar refractivity (Wildman–Crippen MR) is 40.4 cm³/mol. The molecule has 1 aromatic heterocycles. The second-order valence-corrected chi connectivity index (χ2v) is 2.86. The highest BCUT2D eigenvalue weighted by Crippen LogP contribution is 2.11. The molecule has 0 saturated heterocycles. The maximum atomic E-state index is 11.3. The summed E-state index contributed by atoms with van der Waals surface area (Å²) in [7, 11) is 0. The fourth-order valence-electron chi connectivity index (χ4n) is 0.790. The molecule has 0 aliphatic carbocycles. The number of Topliss-reactive ketones (excluding diaryl/α,β-unsaturated/α-hetero) is 1. The summed E-state index contributed by atoms with van der Waals surface area (Å²) in [5.74, 6) is 0.377. The summed E-state index contributed by atoms with van der Waals surface area (Å²) < 4.78 is 4.79. The van der Waals surface area contributed by atoms with E-state index in [0.717, 1.165) is 5.56 Å². The standard InChI is InChI=1S/C8H11NO2/c1-5(2)7(10)8-6(3)4-9-11-8/h4-5H,1-3H3. The number of aryl methyl sites for hydroxylation is 1. The predicted octanol–water partition coefficient (Wildman–Crippen LogP) is 1.82. The van der Waals surface area contributed by atoms with Crippen LogP contribution in [0.3, 0.4) is 0 Å². The minimum absolute atomic E-state index is 0.0139. The van der Waals surface area contributed by atoms with E-state index in [2.05, 4.69) is 5.16 Å². The molecular weight excluding hydrogens is 142 g/mol. The van der Waals surface area contributed by atoms with E-state index in [4.69, 9.17) is 4.52 Å². The third-order valence-corrected chi connectivity index (χ3v) is 1.50. The van der Waals surface area contributed by atoms with E-state index in [-0.39, 0.29) is 11.7 Å². The summed E-state index contributed by atoms with van der Waals surface area (Å²) in [6.45, 7) is 5.49. The van der Waals surface area contributed by atoms with E-state index < -0.39 is 0 Å². The number of ketones is 1. The maximum absolute atomic E-state index is 11.3. The quantitative estimate of drug-likeness (QED) is 0.608. The molecule has 60 valence electrons. The number of nitrogens with zero attached hydrogens (tertiary/aromatic N) is 1. The van der Waals surface area contributed by atoms with Gasteiger partial charge in [-0.2, -0.15) is 0 Å². The lowest BCUT2D eigenvalue weighted by Gasteiger charge is -1.98. The number of carbonyl (C=O) groups excluding carboxylic acids is 1. The van der Waals surface area contributed by atoms with Crippen molar-refractivity contribution in [3.05, 3.63) is 17.5 Å². The summed E-state index contributed by atoms with van der Waals surface area (Å²) in [6, 6.07) is 0. The van der Waals surface area contributed by atoms with Gasteiger partial charge in [0.05, 0.1) is 6.20 Å². The van der Waals surface area contributed by atoms with Gasteiger partial charge in [-0.15, -0.1) is 0 Å². The SMILES string of the molecule is Cc1cnoc1C(=O)C(C)C. The van der Waals surface area contributed by atoms with Gasteiger partial charge in [0.25, 0.3) is 0 Å². The number of carbonyl (C=O) groups is 1. The monoisotopic (exact) mass is 153 g/mol. The Bertz CT molecular complexity index is 263. The Morgan fingerprint density at radius 3 is 2.64 bits per heavy atom. The minimum Gasteiger partial charge on any atom is -0.353 e. The average molecular weight is 153 g/mol. The molecule has 0 unspecified atom stereocenters. The Labute approximate surface area is 65.4 Å². The Kier molecular flexibility index (Phi) is 2.08. The largest absolute Gasteiger partial charge is 0.353 e. The van der Waals surface area contributed by atoms with Crippen molar-refractivity contribution < 1.29 is 9.32 Å². The lowest BCUT2D eigenvalue weighted by molar-refractivity contribution is 0.0901. The van der Waals surface area contributed by atoms with Gasteiger partial charge in [0.15, 0.2) is 0 Å². The van der Waals surface area contributed by atoms with Crippen LogP contribution < -0.4 is 0 Å². The molecule has 0 aromatic carbocycles. The molecule has 1 rings (SSSR count). The molecule has 0 saturated carbocycles. The van der Waals surface area contributed by atoms with Crippen molar-refractivity contribution in [2.24, 2.45) is 5.92 Å². The Balaban J connectivity index is 2.93. The lowest BCUT2D eigenvalue weighted by atomic mass is 10.1. The molecule has 0 spiro atoms. The van der Waals surface area contributed by atoms with Crippen LogP contribution >= 0.6 is 0 Å². The summed E-state index contributed by atoms with van der Waals surface area (Å²) in [5.41, 5.74) is 0.809. The highest BCUT2D eigenvalue weighted by molar-refractivity contribution is 5.95. The van der Waals surface area contributed by atoms with Gasteiger partial charge in [0.1, 0.15) is 0 Å². The van der Waals surface area contributed by atoms with E-state index in [0.29, 0.717) is 5.76 Å². The van der Waals surface area contributed by atoms with Crippen LogP contribution in [0.2, 0.25) is 0 Å². The Morgan fingerprint density at radius 1 is 1.64 bits per heavy atom. The van der Waals surface area contributed by atoms with Crippen molar-refractivity contribution >= 4 is 5.78 Å². The fraction of sp³-hybridized carbons (Fsp3) is 0.500. The molecule has 0 aliphatic rings. The molecule has 1 heterocycles. The molecule has 0 atom stereocenters. The molecule has 0 radical (unpaired) electrons. The third kappa shape index (κ3) is 1.48. The highest BCUT2D eigenvalue weighted by atomic mass is 16.5. The molecule has 0 bridgehead atoms. The first kappa shape index (κ1) is 7.98. The smallest absolute Gasteiger partial charge is 0.205 e. The van der Waals surface area contributed by atoms with Crippen LogP contribution in [-0.2, 0) is 0 Å². The molecular formula is C8H11NO2. The molecule has 0 amide bonds. The maximum Gasteiger partial charge on any atom is 0.205 e. The molecule has 1 aromatic rings. The van der Waals surface area contributed by atoms with E-state index >= 15 is 0 Å². The summed E-state index contributed by atoms with van der Waals surface area (Å²) >= 11 is 0. The molecule has 3 heteroatoms. The normalized spacial score (nSPS) is 10.5. The first-order chi connectivity index (χ1) is 5.13. The van der Waals surface area contributed by atoms with E-state index in [1.807, 2.05) is 20.8 Å². The lowest BCUT2D eigenvalue weighted by Crippen LogP contribution is -2.07. The van der Waals surface area contributed by atoms with Crippen LogP contribution in [0.4, 0.5) is 0 Å². The Morgan fingerprint density at radius 2 is 2.27 bits per heavy atom. The van der Waals surface area contributed by atoms with Crippen molar-refractivity contribution in [3.63, 3.8) is 0 Å². The summed E-state index contributed by atoms with van der Waals surface area (Å²) in [5, 5.41) is 3.53. The zero-order chi connectivity index (χ0) is 8.43. The second kappa shape index (κ2) is 2.86. The molecule has 11 heavy (non-hydrogen) atoms. The van der Waals surface area contributed by atoms with Gasteiger partial charge in [0.2, 0.25) is 11.5 Å². The first-order valence-electron chi connectivity index (χ1n) is 3.58. The molecule has 0 fully saturated rings. The Hall–Kier alpha value is -1.12. The average Bonchev–Trinajstić information content (AvgIpc) is 2.33. The van der Waals surface area contributed by atoms with Crippen LogP contribution in [-0.4, -0.2) is 10.9 Å². The van der Waals surface area contributed by atoms with Gasteiger partial charge in [-0.25, -0.2) is 0 Å². The highest BCUT2D eigenvalue weighted by Gasteiger charge is 2.16. The fourth-order valence-corrected chi connectivity index (χ4v) is 0.790. The minimum atomic E-state index is -0.0263. The van der Waals surface area contributed by atoms with Crippen molar-refractivity contribution in [1.82, 2.24) is 5.16 Å². The van der Waals surface area contributed by atoms with E-state index in [1.165, 1.54) is 0 Å². The van der Waals surface area contributed by atoms with Crippen molar-refractivity contribution in [3.8, 4) is 0 Å². The third-order valence-electron chi connectivity index (χ3n) is 1.50. The van der Waals surface area contributed by atoms with Gasteiger partial charge in [-0.1, -0.05) is 19.0 Å². The van der Waals surface area contributed by atoms with Crippen molar-refractivity contribution in [1.29, 1.82) is 0 Å². The topological polar surface area (TPSA) is 43.1 Å². The van der Waals surface area contributed by atoms with Crippen molar-refractivity contribution in [2.75, 3.05) is 0 Å². The number of rotatable bonds is 2. The van der Waals surface area contributed by atoms with E-state index in [1.54, 1.807) is 6.20 Å². The number of hydrogen-bond acceptors (Lipinski definition) is 3. The zero-order valence-electron chi connectivity index (χ0n) is 6.92. The van der Waals surface area contributed by atoms with Gasteiger partial charge in [0, 0.05) is 11.5 Å². The summed E-state index contributed by atoms with van der Waals surface area (Å²) in [4.78, 5) is 11.3. The van der Waals surface area contributed by atoms with Gasteiger partial charge in [-0.3, -0.25) is 4.79 Å². The second-order valence-electron chi connectivity index (χ2n) is 2.86. The number of aromatic nitrogens is 1. The molecule has 3 nitrogen and oxygen atoms in total. The first-order valence-corrected chi connectivity index (χ1v) is 3.58. The van der Waals surface area contributed by atoms with Gasteiger partial charge >= 0.3 is 0 Å². The van der Waals surface area contributed by atoms with E-state index in [9.17, 15) is 4.79 Å². The van der Waals surface area contributed by atoms with Crippen LogP contribution in [0.1, 0.15) is 30.0 Å². The molecule has 0 N–H and O–H groups in total.